The largest absolute Gasteiger partial charge is 0.323 e. The third-order valence-electron chi connectivity index (χ3n) is 5.55. The zero-order valence-corrected chi connectivity index (χ0v) is 17.8. The van der Waals surface area contributed by atoms with Crippen LogP contribution in [0.15, 0.2) is 42.5 Å². The van der Waals surface area contributed by atoms with Crippen LogP contribution in [0.4, 0.5) is 0 Å². The highest BCUT2D eigenvalue weighted by atomic mass is 35.5. The van der Waals surface area contributed by atoms with E-state index in [-0.39, 0.29) is 0 Å². The number of halogens is 2. The van der Waals surface area contributed by atoms with Crippen LogP contribution < -0.4 is 0 Å². The zero-order chi connectivity index (χ0) is 19.5. The quantitative estimate of drug-likeness (QED) is 0.587. The molecule has 0 atom stereocenters. The van der Waals surface area contributed by atoms with Crippen LogP contribution in [0.2, 0.25) is 10.0 Å². The van der Waals surface area contributed by atoms with Crippen molar-refractivity contribution >= 4 is 34.2 Å². The van der Waals surface area contributed by atoms with Gasteiger partial charge in [-0.15, -0.1) is 0 Å². The Labute approximate surface area is 176 Å². The first kappa shape index (κ1) is 19.7. The summed E-state index contributed by atoms with van der Waals surface area (Å²) in [5.74, 6) is 1.13. The Balaban J connectivity index is 1.51. The average Bonchev–Trinajstić information content (AvgIpc) is 3.03. The summed E-state index contributed by atoms with van der Waals surface area (Å²) in [7, 11) is 2.20. The molecule has 4 nitrogen and oxygen atoms in total. The van der Waals surface area contributed by atoms with Crippen LogP contribution in [0.5, 0.6) is 0 Å². The summed E-state index contributed by atoms with van der Waals surface area (Å²) in [5, 5.41) is 1.37. The van der Waals surface area contributed by atoms with Crippen molar-refractivity contribution in [2.75, 3.05) is 39.8 Å². The number of benzene rings is 2. The predicted octanol–water partition coefficient (Wildman–Crippen LogP) is 4.57. The number of aromatic nitrogens is 2. The molecule has 28 heavy (non-hydrogen) atoms. The molecule has 0 amide bonds. The molecule has 1 fully saturated rings. The van der Waals surface area contributed by atoms with Gasteiger partial charge in [-0.3, -0.25) is 0 Å². The van der Waals surface area contributed by atoms with E-state index in [4.69, 9.17) is 28.2 Å². The minimum Gasteiger partial charge on any atom is -0.323 e. The topological polar surface area (TPSA) is 24.3 Å². The molecule has 0 bridgehead atoms. The third kappa shape index (κ3) is 4.52. The van der Waals surface area contributed by atoms with E-state index in [1.165, 1.54) is 0 Å². The van der Waals surface area contributed by atoms with Gasteiger partial charge >= 0.3 is 0 Å². The molecule has 0 radical (unpaired) electrons. The number of likely N-dealkylation sites (N-methyl/N-ethyl adjacent to an activating group) is 1. The highest BCUT2D eigenvalue weighted by Gasteiger charge is 2.15. The Morgan fingerprint density at radius 3 is 2.57 bits per heavy atom. The molecule has 1 aliphatic rings. The zero-order valence-electron chi connectivity index (χ0n) is 16.2. The lowest BCUT2D eigenvalue weighted by atomic mass is 10.2. The number of hydrogen-bond acceptors (Lipinski definition) is 3. The average molecular weight is 417 g/mol. The molecule has 2 aromatic carbocycles. The molecular weight excluding hydrogens is 391 g/mol. The lowest BCUT2D eigenvalue weighted by Gasteiger charge is -2.32. The second-order valence-corrected chi connectivity index (χ2v) is 8.43. The SMILES string of the molecule is CN1CCN(CCCc2nc3ccccc3n2Cc2ccc(Cl)cc2Cl)CC1. The smallest absolute Gasteiger partial charge is 0.110 e. The number of fused-ring (bicyclic) bond motifs is 1. The van der Waals surface area contributed by atoms with Gasteiger partial charge < -0.3 is 14.4 Å². The number of imidazole rings is 1. The van der Waals surface area contributed by atoms with E-state index in [9.17, 15) is 0 Å². The fraction of sp³-hybridized carbons (Fsp3) is 0.409. The summed E-state index contributed by atoms with van der Waals surface area (Å²) < 4.78 is 2.30. The van der Waals surface area contributed by atoms with Crippen molar-refractivity contribution < 1.29 is 0 Å². The second kappa shape index (κ2) is 8.83. The highest BCUT2D eigenvalue weighted by molar-refractivity contribution is 6.35. The Hall–Kier alpha value is -1.59. The highest BCUT2D eigenvalue weighted by Crippen LogP contribution is 2.25. The molecule has 0 spiro atoms. The molecule has 148 valence electrons. The summed E-state index contributed by atoms with van der Waals surface area (Å²) in [4.78, 5) is 9.87. The van der Waals surface area contributed by atoms with Gasteiger partial charge in [0.05, 0.1) is 17.6 Å². The lowest BCUT2D eigenvalue weighted by Crippen LogP contribution is -2.44. The maximum Gasteiger partial charge on any atom is 0.110 e. The van der Waals surface area contributed by atoms with Crippen molar-refractivity contribution in [3.8, 4) is 0 Å². The van der Waals surface area contributed by atoms with E-state index < -0.39 is 0 Å². The van der Waals surface area contributed by atoms with E-state index in [1.807, 2.05) is 24.3 Å². The number of piperazine rings is 1. The van der Waals surface area contributed by atoms with Gasteiger partial charge in [-0.05, 0) is 49.8 Å². The molecule has 1 saturated heterocycles. The molecule has 3 aromatic rings. The predicted molar refractivity (Wildman–Crippen MR) is 118 cm³/mol. The normalized spacial score (nSPS) is 16.1. The molecule has 0 saturated carbocycles. The van der Waals surface area contributed by atoms with E-state index >= 15 is 0 Å². The molecule has 6 heteroatoms. The van der Waals surface area contributed by atoms with Crippen LogP contribution in [0.1, 0.15) is 17.8 Å². The monoisotopic (exact) mass is 416 g/mol. The number of nitrogens with zero attached hydrogens (tertiary/aromatic N) is 4. The number of aryl methyl sites for hydroxylation is 1. The van der Waals surface area contributed by atoms with E-state index in [2.05, 4.69) is 39.6 Å². The van der Waals surface area contributed by atoms with Gasteiger partial charge in [-0.1, -0.05) is 41.4 Å². The van der Waals surface area contributed by atoms with Gasteiger partial charge in [0.1, 0.15) is 5.82 Å². The van der Waals surface area contributed by atoms with Crippen molar-refractivity contribution in [3.05, 3.63) is 63.9 Å². The summed E-state index contributed by atoms with van der Waals surface area (Å²) >= 11 is 12.5. The van der Waals surface area contributed by atoms with Gasteiger partial charge in [0.15, 0.2) is 0 Å². The molecule has 1 aromatic heterocycles. The molecule has 4 rings (SSSR count). The van der Waals surface area contributed by atoms with Gasteiger partial charge in [-0.2, -0.15) is 0 Å². The van der Waals surface area contributed by atoms with Crippen LogP contribution in [-0.2, 0) is 13.0 Å². The fourth-order valence-corrected chi connectivity index (χ4v) is 4.31. The maximum atomic E-state index is 6.44. The molecule has 2 heterocycles. The second-order valence-electron chi connectivity index (χ2n) is 7.59. The number of rotatable bonds is 6. The van der Waals surface area contributed by atoms with Crippen LogP contribution in [-0.4, -0.2) is 59.1 Å². The first-order chi connectivity index (χ1) is 13.6. The minimum atomic E-state index is 0.664. The molecule has 0 aliphatic carbocycles. The lowest BCUT2D eigenvalue weighted by molar-refractivity contribution is 0.152. The standard InChI is InChI=1S/C22H26Cl2N4/c1-26-11-13-27(14-12-26)10-4-7-22-25-20-5-2-3-6-21(20)28(22)16-17-8-9-18(23)15-19(17)24/h2-3,5-6,8-9,15H,4,7,10-14,16H2,1H3. The fourth-order valence-electron chi connectivity index (χ4n) is 3.85. The van der Waals surface area contributed by atoms with Crippen molar-refractivity contribution in [2.24, 2.45) is 0 Å². The van der Waals surface area contributed by atoms with Crippen LogP contribution in [0.25, 0.3) is 11.0 Å². The van der Waals surface area contributed by atoms with Gasteiger partial charge in [0, 0.05) is 42.6 Å². The summed E-state index contributed by atoms with van der Waals surface area (Å²) in [6.45, 7) is 6.47. The van der Waals surface area contributed by atoms with Crippen molar-refractivity contribution in [1.29, 1.82) is 0 Å². The van der Waals surface area contributed by atoms with Gasteiger partial charge in [0.2, 0.25) is 0 Å². The first-order valence-electron chi connectivity index (χ1n) is 9.89. The Bertz CT molecular complexity index is 945. The van der Waals surface area contributed by atoms with Crippen molar-refractivity contribution in [1.82, 2.24) is 19.4 Å². The number of hydrogen-bond donors (Lipinski definition) is 0. The maximum absolute atomic E-state index is 6.44. The van der Waals surface area contributed by atoms with Gasteiger partial charge in [0.25, 0.3) is 0 Å². The minimum absolute atomic E-state index is 0.664. The van der Waals surface area contributed by atoms with Crippen LogP contribution in [0.3, 0.4) is 0 Å². The van der Waals surface area contributed by atoms with Crippen LogP contribution >= 0.6 is 23.2 Å². The molecule has 0 unspecified atom stereocenters. The summed E-state index contributed by atoms with van der Waals surface area (Å²) in [6, 6.07) is 14.0. The Morgan fingerprint density at radius 1 is 1.00 bits per heavy atom. The van der Waals surface area contributed by atoms with E-state index in [0.29, 0.717) is 16.6 Å². The van der Waals surface area contributed by atoms with Crippen molar-refractivity contribution in [3.63, 3.8) is 0 Å². The van der Waals surface area contributed by atoms with Gasteiger partial charge in [-0.25, -0.2) is 4.98 Å². The Kier molecular flexibility index (Phi) is 6.22. The first-order valence-corrected chi connectivity index (χ1v) is 10.6. The summed E-state index contributed by atoms with van der Waals surface area (Å²) in [6.07, 6.45) is 2.08. The molecular formula is C22H26Cl2N4. The van der Waals surface area contributed by atoms with Crippen LogP contribution in [0, 0.1) is 0 Å². The molecule has 0 N–H and O–H groups in total. The van der Waals surface area contributed by atoms with E-state index in [0.717, 1.165) is 68.0 Å². The van der Waals surface area contributed by atoms with E-state index in [1.54, 1.807) is 0 Å². The Morgan fingerprint density at radius 2 is 1.79 bits per heavy atom. The van der Waals surface area contributed by atoms with Crippen molar-refractivity contribution in [2.45, 2.75) is 19.4 Å². The third-order valence-corrected chi connectivity index (χ3v) is 6.13. The summed E-state index contributed by atoms with van der Waals surface area (Å²) in [5.41, 5.74) is 3.26. The molecule has 1 aliphatic heterocycles. The number of para-hydroxylation sites is 2.